The van der Waals surface area contributed by atoms with Gasteiger partial charge >= 0.3 is 0 Å². The maximum atomic E-state index is 10.8. The van der Waals surface area contributed by atoms with Gasteiger partial charge < -0.3 is 25.4 Å². The van der Waals surface area contributed by atoms with Crippen LogP contribution >= 0.6 is 0 Å². The summed E-state index contributed by atoms with van der Waals surface area (Å²) in [5.74, 6) is -0.282. The third-order valence-electron chi connectivity index (χ3n) is 2.44. The summed E-state index contributed by atoms with van der Waals surface area (Å²) < 4.78 is 5.23. The van der Waals surface area contributed by atoms with Crippen molar-refractivity contribution in [2.24, 2.45) is 0 Å². The molecule has 0 aromatic carbocycles. The third kappa shape index (κ3) is 3.13. The number of aliphatic hydroxyl groups is 3. The van der Waals surface area contributed by atoms with Gasteiger partial charge in [-0.2, -0.15) is 0 Å². The van der Waals surface area contributed by atoms with Gasteiger partial charge in [-0.05, 0) is 6.42 Å². The number of hydrogen-bond donors (Lipinski definition) is 4. The van der Waals surface area contributed by atoms with Crippen molar-refractivity contribution >= 4 is 5.91 Å². The van der Waals surface area contributed by atoms with E-state index in [1.807, 2.05) is 0 Å². The molecule has 4 N–H and O–H groups in total. The van der Waals surface area contributed by atoms with E-state index in [9.17, 15) is 15.0 Å². The summed E-state index contributed by atoms with van der Waals surface area (Å²) in [4.78, 5) is 10.8. The molecule has 6 heteroatoms. The fraction of sp³-hybridized carbons (Fsp3) is 0.889. The standard InChI is InChI=1S/C9H17NO5/c1-5(12)10-6-4-15-7(2-3-11)9(14)8(6)13/h6-9,11,13-14H,2-4H2,1H3,(H,10,12)/t6-,7+,8+,9-/m0/s1. The molecule has 0 spiro atoms. The number of carbonyl (C=O) groups excluding carboxylic acids is 1. The number of rotatable bonds is 3. The molecule has 1 aliphatic rings. The SMILES string of the molecule is CC(=O)N[C@H]1CO[C@H](CCO)[C@H](O)[C@@H]1O. The molecule has 0 saturated carbocycles. The lowest BCUT2D eigenvalue weighted by Crippen LogP contribution is -2.59. The fourth-order valence-corrected chi connectivity index (χ4v) is 1.65. The monoisotopic (exact) mass is 219 g/mol. The summed E-state index contributed by atoms with van der Waals surface area (Å²) in [6.45, 7) is 1.36. The van der Waals surface area contributed by atoms with Crippen LogP contribution < -0.4 is 5.32 Å². The van der Waals surface area contributed by atoms with Crippen molar-refractivity contribution in [2.45, 2.75) is 37.7 Å². The number of hydrogen-bond acceptors (Lipinski definition) is 5. The van der Waals surface area contributed by atoms with E-state index >= 15 is 0 Å². The highest BCUT2D eigenvalue weighted by Crippen LogP contribution is 2.17. The Labute approximate surface area is 87.9 Å². The lowest BCUT2D eigenvalue weighted by molar-refractivity contribution is -0.158. The molecule has 0 radical (unpaired) electrons. The molecular weight excluding hydrogens is 202 g/mol. The zero-order valence-corrected chi connectivity index (χ0v) is 8.59. The predicted molar refractivity (Wildman–Crippen MR) is 51.1 cm³/mol. The molecule has 0 aliphatic carbocycles. The van der Waals surface area contributed by atoms with Crippen LogP contribution in [0, 0.1) is 0 Å². The van der Waals surface area contributed by atoms with E-state index in [1.54, 1.807) is 0 Å². The maximum absolute atomic E-state index is 10.8. The Balaban J connectivity index is 2.52. The lowest BCUT2D eigenvalue weighted by atomic mass is 9.96. The van der Waals surface area contributed by atoms with E-state index in [4.69, 9.17) is 9.84 Å². The van der Waals surface area contributed by atoms with Gasteiger partial charge in [-0.15, -0.1) is 0 Å². The largest absolute Gasteiger partial charge is 0.396 e. The Hall–Kier alpha value is -0.690. The maximum Gasteiger partial charge on any atom is 0.217 e. The Morgan fingerprint density at radius 3 is 2.67 bits per heavy atom. The molecule has 6 nitrogen and oxygen atoms in total. The van der Waals surface area contributed by atoms with E-state index in [1.165, 1.54) is 6.92 Å². The molecule has 0 bridgehead atoms. The van der Waals surface area contributed by atoms with E-state index in [2.05, 4.69) is 5.32 Å². The van der Waals surface area contributed by atoms with E-state index in [0.29, 0.717) is 0 Å². The topological polar surface area (TPSA) is 99.0 Å². The molecule has 1 rings (SSSR count). The summed E-state index contributed by atoms with van der Waals surface area (Å²) in [6.07, 6.45) is -2.44. The van der Waals surface area contributed by atoms with Crippen LogP contribution in [0.3, 0.4) is 0 Å². The summed E-state index contributed by atoms with van der Waals surface area (Å²) in [5.41, 5.74) is 0. The average molecular weight is 219 g/mol. The highest BCUT2D eigenvalue weighted by atomic mass is 16.5. The fourth-order valence-electron chi connectivity index (χ4n) is 1.65. The van der Waals surface area contributed by atoms with Gasteiger partial charge in [0.15, 0.2) is 0 Å². The van der Waals surface area contributed by atoms with E-state index in [0.717, 1.165) is 0 Å². The van der Waals surface area contributed by atoms with Crippen molar-refractivity contribution < 1.29 is 24.9 Å². The summed E-state index contributed by atoms with van der Waals surface area (Å²) in [6, 6.07) is -0.590. The van der Waals surface area contributed by atoms with Crippen molar-refractivity contribution in [3.63, 3.8) is 0 Å². The molecule has 1 saturated heterocycles. The lowest BCUT2D eigenvalue weighted by Gasteiger charge is -2.37. The van der Waals surface area contributed by atoms with Gasteiger partial charge in [-0.25, -0.2) is 0 Å². The Morgan fingerprint density at radius 1 is 1.47 bits per heavy atom. The van der Waals surface area contributed by atoms with Crippen LogP contribution in [0.25, 0.3) is 0 Å². The molecular formula is C9H17NO5. The second-order valence-electron chi connectivity index (χ2n) is 3.67. The molecule has 1 heterocycles. The highest BCUT2D eigenvalue weighted by molar-refractivity contribution is 5.73. The van der Waals surface area contributed by atoms with Crippen molar-refractivity contribution in [2.75, 3.05) is 13.2 Å². The van der Waals surface area contributed by atoms with E-state index in [-0.39, 0.29) is 25.5 Å². The summed E-state index contributed by atoms with van der Waals surface area (Å²) in [5, 5.41) is 30.5. The van der Waals surface area contributed by atoms with Crippen LogP contribution in [0.4, 0.5) is 0 Å². The van der Waals surface area contributed by atoms with Crippen molar-refractivity contribution in [3.8, 4) is 0 Å². The van der Waals surface area contributed by atoms with Gasteiger partial charge in [0.05, 0.1) is 18.8 Å². The van der Waals surface area contributed by atoms with Gasteiger partial charge in [0, 0.05) is 13.5 Å². The van der Waals surface area contributed by atoms with Gasteiger partial charge in [0.25, 0.3) is 0 Å². The van der Waals surface area contributed by atoms with E-state index < -0.39 is 24.4 Å². The second-order valence-corrected chi connectivity index (χ2v) is 3.67. The molecule has 0 aromatic heterocycles. The van der Waals surface area contributed by atoms with Gasteiger partial charge in [-0.3, -0.25) is 4.79 Å². The predicted octanol–water partition coefficient (Wildman–Crippen LogP) is -2.01. The summed E-state index contributed by atoms with van der Waals surface area (Å²) >= 11 is 0. The molecule has 0 unspecified atom stereocenters. The molecule has 1 amide bonds. The second kappa shape index (κ2) is 5.41. The van der Waals surface area contributed by atoms with Crippen LogP contribution in [0.15, 0.2) is 0 Å². The Bertz CT molecular complexity index is 223. The smallest absolute Gasteiger partial charge is 0.217 e. The molecule has 0 aromatic rings. The quantitative estimate of drug-likeness (QED) is 0.440. The third-order valence-corrected chi connectivity index (χ3v) is 2.44. The van der Waals surface area contributed by atoms with Crippen molar-refractivity contribution in [3.05, 3.63) is 0 Å². The first-order valence-corrected chi connectivity index (χ1v) is 4.92. The normalized spacial score (nSPS) is 36.3. The van der Waals surface area contributed by atoms with Gasteiger partial charge in [0.2, 0.25) is 5.91 Å². The van der Waals surface area contributed by atoms with Gasteiger partial charge in [0.1, 0.15) is 12.2 Å². The minimum Gasteiger partial charge on any atom is -0.396 e. The molecule has 4 atom stereocenters. The van der Waals surface area contributed by atoms with Crippen LogP contribution in [0.2, 0.25) is 0 Å². The minimum absolute atomic E-state index is 0.112. The summed E-state index contributed by atoms with van der Waals surface area (Å²) in [7, 11) is 0. The first kappa shape index (κ1) is 12.4. The molecule has 1 aliphatic heterocycles. The first-order valence-electron chi connectivity index (χ1n) is 4.92. The Kier molecular flexibility index (Phi) is 4.46. The number of carbonyl (C=O) groups is 1. The Morgan fingerprint density at radius 2 is 2.13 bits per heavy atom. The number of ether oxygens (including phenoxy) is 1. The van der Waals surface area contributed by atoms with Crippen molar-refractivity contribution in [1.82, 2.24) is 5.32 Å². The molecule has 1 fully saturated rings. The van der Waals surface area contributed by atoms with Crippen LogP contribution in [-0.4, -0.2) is 58.8 Å². The van der Waals surface area contributed by atoms with Crippen LogP contribution in [0.1, 0.15) is 13.3 Å². The van der Waals surface area contributed by atoms with Crippen LogP contribution in [0.5, 0.6) is 0 Å². The minimum atomic E-state index is -1.08. The molecule has 15 heavy (non-hydrogen) atoms. The van der Waals surface area contributed by atoms with Crippen molar-refractivity contribution in [1.29, 1.82) is 0 Å². The zero-order valence-electron chi connectivity index (χ0n) is 8.59. The molecule has 88 valence electrons. The average Bonchev–Trinajstić information content (AvgIpc) is 2.17. The highest BCUT2D eigenvalue weighted by Gasteiger charge is 2.38. The van der Waals surface area contributed by atoms with Crippen LogP contribution in [-0.2, 0) is 9.53 Å². The number of amides is 1. The number of nitrogens with one attached hydrogen (secondary N) is 1. The zero-order chi connectivity index (χ0) is 11.4. The first-order chi connectivity index (χ1) is 7.06. The number of aliphatic hydroxyl groups excluding tert-OH is 3. The van der Waals surface area contributed by atoms with Gasteiger partial charge in [-0.1, -0.05) is 0 Å².